The summed E-state index contributed by atoms with van der Waals surface area (Å²) in [6, 6.07) is 6.10. The number of rotatable bonds is 4. The normalized spacial score (nSPS) is 23.7. The Kier molecular flexibility index (Phi) is 3.34. The highest BCUT2D eigenvalue weighted by molar-refractivity contribution is 5.40. The third-order valence-electron chi connectivity index (χ3n) is 3.41. The molecular weight excluding hydrogens is 202 g/mol. The predicted molar refractivity (Wildman–Crippen MR) is 64.1 cm³/mol. The summed E-state index contributed by atoms with van der Waals surface area (Å²) in [6.45, 7) is 0.803. The van der Waals surface area contributed by atoms with Crippen LogP contribution in [-0.2, 0) is 0 Å². The summed E-state index contributed by atoms with van der Waals surface area (Å²) in [6.07, 6.45) is 2.37. The van der Waals surface area contributed by atoms with Gasteiger partial charge in [0, 0.05) is 6.07 Å². The van der Waals surface area contributed by atoms with Crippen molar-refractivity contribution in [3.8, 4) is 11.5 Å². The first-order chi connectivity index (χ1) is 7.76. The molecule has 2 N–H and O–H groups in total. The Balaban J connectivity index is 2.14. The first kappa shape index (κ1) is 11.3. The van der Waals surface area contributed by atoms with Crippen LogP contribution in [0.15, 0.2) is 18.2 Å². The van der Waals surface area contributed by atoms with Crippen molar-refractivity contribution in [2.24, 2.45) is 11.7 Å². The van der Waals surface area contributed by atoms with Gasteiger partial charge in [-0.25, -0.2) is 0 Å². The standard InChI is InChI=1S/C13H19NO2/c1-15-12-5-11(6-13(7-12)16-2)10-3-9(4-10)8-14/h5-7,9-10H,3-4,8,14H2,1-2H3. The molecule has 3 heteroatoms. The zero-order valence-electron chi connectivity index (χ0n) is 9.90. The number of benzene rings is 1. The Morgan fingerprint density at radius 3 is 2.12 bits per heavy atom. The molecule has 1 aliphatic carbocycles. The Morgan fingerprint density at radius 2 is 1.69 bits per heavy atom. The van der Waals surface area contributed by atoms with Crippen molar-refractivity contribution in [3.05, 3.63) is 23.8 Å². The first-order valence-electron chi connectivity index (χ1n) is 5.69. The fourth-order valence-corrected chi connectivity index (χ4v) is 2.27. The number of ether oxygens (including phenoxy) is 2. The van der Waals surface area contributed by atoms with E-state index in [9.17, 15) is 0 Å². The van der Waals surface area contributed by atoms with Gasteiger partial charge in [0.15, 0.2) is 0 Å². The minimum atomic E-state index is 0.623. The maximum absolute atomic E-state index is 5.64. The third-order valence-corrected chi connectivity index (χ3v) is 3.41. The summed E-state index contributed by atoms with van der Waals surface area (Å²) in [5.74, 6) is 3.05. The predicted octanol–water partition coefficient (Wildman–Crippen LogP) is 2.16. The first-order valence-corrected chi connectivity index (χ1v) is 5.69. The van der Waals surface area contributed by atoms with Gasteiger partial charge in [0.25, 0.3) is 0 Å². The largest absolute Gasteiger partial charge is 0.497 e. The Morgan fingerprint density at radius 1 is 1.12 bits per heavy atom. The second kappa shape index (κ2) is 4.74. The van der Waals surface area contributed by atoms with Gasteiger partial charge in [0.05, 0.1) is 14.2 Å². The van der Waals surface area contributed by atoms with E-state index in [2.05, 4.69) is 12.1 Å². The molecule has 1 saturated carbocycles. The van der Waals surface area contributed by atoms with Crippen LogP contribution in [0, 0.1) is 5.92 Å². The van der Waals surface area contributed by atoms with Crippen molar-refractivity contribution in [1.82, 2.24) is 0 Å². The summed E-state index contributed by atoms with van der Waals surface area (Å²) in [5, 5.41) is 0. The number of nitrogens with two attached hydrogens (primary N) is 1. The summed E-state index contributed by atoms with van der Waals surface area (Å²) < 4.78 is 10.5. The van der Waals surface area contributed by atoms with Crippen molar-refractivity contribution in [2.45, 2.75) is 18.8 Å². The minimum Gasteiger partial charge on any atom is -0.497 e. The van der Waals surface area contributed by atoms with E-state index in [0.29, 0.717) is 11.8 Å². The van der Waals surface area contributed by atoms with E-state index >= 15 is 0 Å². The van der Waals surface area contributed by atoms with Crippen molar-refractivity contribution in [2.75, 3.05) is 20.8 Å². The van der Waals surface area contributed by atoms with Crippen LogP contribution in [0.2, 0.25) is 0 Å². The lowest BCUT2D eigenvalue weighted by Crippen LogP contribution is -2.28. The van der Waals surface area contributed by atoms with E-state index in [4.69, 9.17) is 15.2 Å². The Hall–Kier alpha value is -1.22. The van der Waals surface area contributed by atoms with Crippen LogP contribution < -0.4 is 15.2 Å². The molecule has 1 aromatic carbocycles. The van der Waals surface area contributed by atoms with Gasteiger partial charge in [0.1, 0.15) is 11.5 Å². The molecule has 88 valence electrons. The van der Waals surface area contributed by atoms with Crippen LogP contribution in [-0.4, -0.2) is 20.8 Å². The zero-order chi connectivity index (χ0) is 11.5. The lowest BCUT2D eigenvalue weighted by molar-refractivity contribution is 0.270. The van der Waals surface area contributed by atoms with E-state index in [-0.39, 0.29) is 0 Å². The van der Waals surface area contributed by atoms with Crippen LogP contribution in [0.3, 0.4) is 0 Å². The van der Waals surface area contributed by atoms with E-state index in [1.54, 1.807) is 14.2 Å². The lowest BCUT2D eigenvalue weighted by Gasteiger charge is -2.35. The highest BCUT2D eigenvalue weighted by Gasteiger charge is 2.29. The van der Waals surface area contributed by atoms with Crippen LogP contribution in [0.5, 0.6) is 11.5 Å². The molecule has 0 amide bonds. The Labute approximate surface area is 96.5 Å². The lowest BCUT2D eigenvalue weighted by atomic mass is 9.71. The third kappa shape index (κ3) is 2.14. The van der Waals surface area contributed by atoms with Gasteiger partial charge < -0.3 is 15.2 Å². The molecule has 2 rings (SSSR count). The minimum absolute atomic E-state index is 0.623. The molecule has 0 saturated heterocycles. The van der Waals surface area contributed by atoms with Gasteiger partial charge in [-0.2, -0.15) is 0 Å². The molecule has 1 aliphatic rings. The van der Waals surface area contributed by atoms with E-state index < -0.39 is 0 Å². The second-order valence-corrected chi connectivity index (χ2v) is 4.42. The molecule has 0 atom stereocenters. The van der Waals surface area contributed by atoms with Crippen molar-refractivity contribution in [3.63, 3.8) is 0 Å². The van der Waals surface area contributed by atoms with Gasteiger partial charge >= 0.3 is 0 Å². The smallest absolute Gasteiger partial charge is 0.122 e. The molecule has 0 heterocycles. The number of hydrogen-bond donors (Lipinski definition) is 1. The highest BCUT2D eigenvalue weighted by Crippen LogP contribution is 2.42. The molecule has 0 radical (unpaired) electrons. The van der Waals surface area contributed by atoms with E-state index in [1.165, 1.54) is 18.4 Å². The van der Waals surface area contributed by atoms with Crippen molar-refractivity contribution < 1.29 is 9.47 Å². The maximum Gasteiger partial charge on any atom is 0.122 e. The molecule has 0 unspecified atom stereocenters. The van der Waals surface area contributed by atoms with Crippen molar-refractivity contribution in [1.29, 1.82) is 0 Å². The summed E-state index contributed by atoms with van der Waals surface area (Å²) in [7, 11) is 3.37. The molecular formula is C13H19NO2. The zero-order valence-corrected chi connectivity index (χ0v) is 9.90. The highest BCUT2D eigenvalue weighted by atomic mass is 16.5. The average Bonchev–Trinajstić information content (AvgIpc) is 2.27. The summed E-state index contributed by atoms with van der Waals surface area (Å²) in [4.78, 5) is 0. The fraction of sp³-hybridized carbons (Fsp3) is 0.538. The summed E-state index contributed by atoms with van der Waals surface area (Å²) in [5.41, 5.74) is 6.94. The SMILES string of the molecule is COc1cc(OC)cc(C2CC(CN)C2)c1. The molecule has 0 spiro atoms. The van der Waals surface area contributed by atoms with Gasteiger partial charge in [-0.1, -0.05) is 0 Å². The second-order valence-electron chi connectivity index (χ2n) is 4.42. The van der Waals surface area contributed by atoms with Crippen LogP contribution in [0.4, 0.5) is 0 Å². The average molecular weight is 221 g/mol. The molecule has 0 bridgehead atoms. The van der Waals surface area contributed by atoms with E-state index in [0.717, 1.165) is 18.0 Å². The molecule has 1 aromatic rings. The van der Waals surface area contributed by atoms with Gasteiger partial charge in [-0.05, 0) is 48.9 Å². The number of hydrogen-bond acceptors (Lipinski definition) is 3. The van der Waals surface area contributed by atoms with Crippen LogP contribution >= 0.6 is 0 Å². The molecule has 0 aliphatic heterocycles. The van der Waals surface area contributed by atoms with E-state index in [1.807, 2.05) is 6.07 Å². The van der Waals surface area contributed by atoms with Crippen LogP contribution in [0.1, 0.15) is 24.3 Å². The molecule has 16 heavy (non-hydrogen) atoms. The van der Waals surface area contributed by atoms with Crippen LogP contribution in [0.25, 0.3) is 0 Å². The quantitative estimate of drug-likeness (QED) is 0.847. The Bertz CT molecular complexity index is 337. The fourth-order valence-electron chi connectivity index (χ4n) is 2.27. The summed E-state index contributed by atoms with van der Waals surface area (Å²) >= 11 is 0. The topological polar surface area (TPSA) is 44.5 Å². The van der Waals surface area contributed by atoms with Gasteiger partial charge in [0.2, 0.25) is 0 Å². The van der Waals surface area contributed by atoms with Gasteiger partial charge in [-0.3, -0.25) is 0 Å². The molecule has 1 fully saturated rings. The monoisotopic (exact) mass is 221 g/mol. The maximum atomic E-state index is 5.64. The molecule has 3 nitrogen and oxygen atoms in total. The molecule has 0 aromatic heterocycles. The van der Waals surface area contributed by atoms with Crippen molar-refractivity contribution >= 4 is 0 Å². The van der Waals surface area contributed by atoms with Gasteiger partial charge in [-0.15, -0.1) is 0 Å². The number of methoxy groups -OCH3 is 2.